The first-order valence-electron chi connectivity index (χ1n) is 7.16. The topological polar surface area (TPSA) is 69.6 Å². The van der Waals surface area contributed by atoms with Gasteiger partial charge >= 0.3 is 5.97 Å². The van der Waals surface area contributed by atoms with Crippen molar-refractivity contribution in [3.63, 3.8) is 0 Å². The molecule has 0 saturated heterocycles. The maximum atomic E-state index is 11.9. The van der Waals surface area contributed by atoms with Crippen LogP contribution in [0, 0.1) is 5.92 Å². The highest BCUT2D eigenvalue weighted by atomic mass is 16.4. The molecular formula is C14H26N2O3. The Morgan fingerprint density at radius 3 is 2.37 bits per heavy atom. The Balaban J connectivity index is 2.36. The summed E-state index contributed by atoms with van der Waals surface area (Å²) in [6.07, 6.45) is 4.89. The minimum absolute atomic E-state index is 0.0678. The minimum atomic E-state index is -0.871. The van der Waals surface area contributed by atoms with Crippen LogP contribution in [-0.4, -0.2) is 47.6 Å². The van der Waals surface area contributed by atoms with Gasteiger partial charge in [0.15, 0.2) is 0 Å². The Morgan fingerprint density at radius 1 is 1.32 bits per heavy atom. The zero-order valence-electron chi connectivity index (χ0n) is 12.2. The highest BCUT2D eigenvalue weighted by molar-refractivity contribution is 5.80. The molecule has 5 nitrogen and oxygen atoms in total. The average molecular weight is 270 g/mol. The smallest absolute Gasteiger partial charge is 0.320 e. The molecule has 1 unspecified atom stereocenters. The number of hydrogen-bond acceptors (Lipinski definition) is 3. The van der Waals surface area contributed by atoms with Gasteiger partial charge in [-0.05, 0) is 45.1 Å². The Hall–Kier alpha value is -1.10. The van der Waals surface area contributed by atoms with E-state index in [1.165, 1.54) is 0 Å². The molecule has 5 heteroatoms. The summed E-state index contributed by atoms with van der Waals surface area (Å²) in [7, 11) is 1.69. The van der Waals surface area contributed by atoms with Crippen molar-refractivity contribution in [3.8, 4) is 0 Å². The Morgan fingerprint density at radius 2 is 1.89 bits per heavy atom. The zero-order chi connectivity index (χ0) is 14.4. The lowest BCUT2D eigenvalue weighted by atomic mass is 9.87. The van der Waals surface area contributed by atoms with E-state index in [2.05, 4.69) is 12.2 Å². The minimum Gasteiger partial charge on any atom is -0.480 e. The Kier molecular flexibility index (Phi) is 6.28. The first-order valence-corrected chi connectivity index (χ1v) is 7.16. The molecule has 2 N–H and O–H groups in total. The molecule has 0 radical (unpaired) electrons. The van der Waals surface area contributed by atoms with Crippen molar-refractivity contribution in [1.82, 2.24) is 10.2 Å². The van der Waals surface area contributed by atoms with Crippen LogP contribution in [0.25, 0.3) is 0 Å². The maximum Gasteiger partial charge on any atom is 0.320 e. The summed E-state index contributed by atoms with van der Waals surface area (Å²) in [4.78, 5) is 24.5. The zero-order valence-corrected chi connectivity index (χ0v) is 12.2. The lowest BCUT2D eigenvalue weighted by molar-refractivity contribution is -0.143. The normalized spacial score (nSPS) is 25.1. The van der Waals surface area contributed by atoms with Crippen molar-refractivity contribution in [3.05, 3.63) is 0 Å². The van der Waals surface area contributed by atoms with Crippen molar-refractivity contribution in [1.29, 1.82) is 0 Å². The third-order valence-corrected chi connectivity index (χ3v) is 3.98. The van der Waals surface area contributed by atoms with Crippen molar-refractivity contribution in [2.45, 2.75) is 58.0 Å². The molecule has 0 aromatic heterocycles. The van der Waals surface area contributed by atoms with Crippen LogP contribution in [0.4, 0.5) is 0 Å². The number of nitrogens with one attached hydrogen (secondary N) is 1. The summed E-state index contributed by atoms with van der Waals surface area (Å²) in [5, 5.41) is 12.0. The van der Waals surface area contributed by atoms with E-state index in [1.807, 2.05) is 6.92 Å². The molecule has 1 atom stereocenters. The third-order valence-electron chi connectivity index (χ3n) is 3.98. The van der Waals surface area contributed by atoms with Gasteiger partial charge in [0.2, 0.25) is 5.91 Å². The van der Waals surface area contributed by atoms with Gasteiger partial charge in [-0.25, -0.2) is 0 Å². The molecule has 0 aliphatic heterocycles. The molecule has 1 amide bonds. The van der Waals surface area contributed by atoms with E-state index in [0.29, 0.717) is 6.42 Å². The second-order valence-electron chi connectivity index (χ2n) is 5.70. The maximum absolute atomic E-state index is 11.9. The van der Waals surface area contributed by atoms with E-state index >= 15 is 0 Å². The van der Waals surface area contributed by atoms with E-state index in [-0.39, 0.29) is 18.5 Å². The third kappa shape index (κ3) is 5.19. The highest BCUT2D eigenvalue weighted by Crippen LogP contribution is 2.23. The van der Waals surface area contributed by atoms with Crippen LogP contribution in [0.15, 0.2) is 0 Å². The number of likely N-dealkylation sites (N-methyl/N-ethyl adjacent to an activating group) is 1. The van der Waals surface area contributed by atoms with E-state index < -0.39 is 12.0 Å². The van der Waals surface area contributed by atoms with Gasteiger partial charge in [0, 0.05) is 6.04 Å². The van der Waals surface area contributed by atoms with Gasteiger partial charge in [-0.1, -0.05) is 13.8 Å². The van der Waals surface area contributed by atoms with Crippen LogP contribution in [0.5, 0.6) is 0 Å². The molecule has 1 aliphatic carbocycles. The molecule has 0 spiro atoms. The molecule has 0 bridgehead atoms. The number of rotatable bonds is 6. The van der Waals surface area contributed by atoms with Gasteiger partial charge in [-0.15, -0.1) is 0 Å². The van der Waals surface area contributed by atoms with Gasteiger partial charge in [0.25, 0.3) is 0 Å². The summed E-state index contributed by atoms with van der Waals surface area (Å²) in [5.74, 6) is -0.182. The average Bonchev–Trinajstić information content (AvgIpc) is 2.32. The molecule has 1 fully saturated rings. The first-order chi connectivity index (χ1) is 8.93. The fraction of sp³-hybridized carbons (Fsp3) is 0.857. The lowest BCUT2D eigenvalue weighted by Gasteiger charge is -2.28. The number of amides is 1. The van der Waals surface area contributed by atoms with Gasteiger partial charge < -0.3 is 10.4 Å². The number of carboxylic acid groups (broad SMARTS) is 1. The summed E-state index contributed by atoms with van der Waals surface area (Å²) in [6.45, 7) is 4.21. The summed E-state index contributed by atoms with van der Waals surface area (Å²) in [6, 6.07) is -0.320. The van der Waals surface area contributed by atoms with Crippen LogP contribution < -0.4 is 5.32 Å². The predicted molar refractivity (Wildman–Crippen MR) is 73.9 cm³/mol. The fourth-order valence-electron chi connectivity index (χ4n) is 2.69. The summed E-state index contributed by atoms with van der Waals surface area (Å²) >= 11 is 0. The SMILES string of the molecule is CCC(C(=O)O)N(C)CC(=O)NC1CCC(C)CC1. The number of nitrogens with zero attached hydrogens (tertiary/aromatic N) is 1. The molecule has 1 rings (SSSR count). The molecule has 19 heavy (non-hydrogen) atoms. The number of carboxylic acids is 1. The van der Waals surface area contributed by atoms with Gasteiger partial charge in [-0.2, -0.15) is 0 Å². The Labute approximate surface area is 115 Å². The van der Waals surface area contributed by atoms with Gasteiger partial charge in [-0.3, -0.25) is 14.5 Å². The molecule has 0 aromatic rings. The van der Waals surface area contributed by atoms with E-state index in [0.717, 1.165) is 31.6 Å². The predicted octanol–water partition coefficient (Wildman–Crippen LogP) is 1.48. The molecule has 1 saturated carbocycles. The molecule has 0 aromatic carbocycles. The second kappa shape index (κ2) is 7.48. The number of hydrogen-bond donors (Lipinski definition) is 2. The number of carbonyl (C=O) groups is 2. The summed E-state index contributed by atoms with van der Waals surface area (Å²) in [5.41, 5.74) is 0. The quantitative estimate of drug-likeness (QED) is 0.767. The van der Waals surface area contributed by atoms with Crippen LogP contribution in [0.1, 0.15) is 46.0 Å². The van der Waals surface area contributed by atoms with Crippen molar-refractivity contribution >= 4 is 11.9 Å². The number of aliphatic carboxylic acids is 1. The van der Waals surface area contributed by atoms with Crippen molar-refractivity contribution < 1.29 is 14.7 Å². The van der Waals surface area contributed by atoms with Crippen LogP contribution >= 0.6 is 0 Å². The summed E-state index contributed by atoms with van der Waals surface area (Å²) < 4.78 is 0. The first kappa shape index (κ1) is 16.0. The van der Waals surface area contributed by atoms with Gasteiger partial charge in [0.1, 0.15) is 6.04 Å². The highest BCUT2D eigenvalue weighted by Gasteiger charge is 2.24. The van der Waals surface area contributed by atoms with E-state index in [1.54, 1.807) is 11.9 Å². The van der Waals surface area contributed by atoms with Crippen LogP contribution in [-0.2, 0) is 9.59 Å². The van der Waals surface area contributed by atoms with Crippen LogP contribution in [0.3, 0.4) is 0 Å². The monoisotopic (exact) mass is 270 g/mol. The Bertz CT molecular complexity index is 312. The van der Waals surface area contributed by atoms with E-state index in [4.69, 9.17) is 5.11 Å². The van der Waals surface area contributed by atoms with Crippen molar-refractivity contribution in [2.75, 3.05) is 13.6 Å². The van der Waals surface area contributed by atoms with Crippen LogP contribution in [0.2, 0.25) is 0 Å². The second-order valence-corrected chi connectivity index (χ2v) is 5.70. The fourth-order valence-corrected chi connectivity index (χ4v) is 2.69. The van der Waals surface area contributed by atoms with E-state index in [9.17, 15) is 9.59 Å². The molecule has 110 valence electrons. The van der Waals surface area contributed by atoms with Crippen molar-refractivity contribution in [2.24, 2.45) is 5.92 Å². The molecule has 1 aliphatic rings. The molecular weight excluding hydrogens is 244 g/mol. The van der Waals surface area contributed by atoms with Gasteiger partial charge in [0.05, 0.1) is 6.54 Å². The largest absolute Gasteiger partial charge is 0.480 e. The standard InChI is InChI=1S/C14H26N2O3/c1-4-12(14(18)19)16(3)9-13(17)15-11-7-5-10(2)6-8-11/h10-12H,4-9H2,1-3H3,(H,15,17)(H,18,19). The molecule has 0 heterocycles. The lowest BCUT2D eigenvalue weighted by Crippen LogP contribution is -2.47. The number of carbonyl (C=O) groups excluding carboxylic acids is 1.